The first-order valence-corrected chi connectivity index (χ1v) is 7.57. The number of hydrogen-bond donors (Lipinski definition) is 1. The Morgan fingerprint density at radius 3 is 3.00 bits per heavy atom. The molecule has 1 aromatic rings. The monoisotopic (exact) mass is 340 g/mol. The molecule has 2 heterocycles. The maximum atomic E-state index is 12.6. The molecule has 1 aromatic carbocycles. The summed E-state index contributed by atoms with van der Waals surface area (Å²) in [6.45, 7) is 5.50. The normalized spacial score (nSPS) is 21.7. The zero-order chi connectivity index (χ0) is 14.1. The Balaban J connectivity index is 1.89. The minimum Gasteiger partial charge on any atom is -0.486 e. The number of halogens is 1. The van der Waals surface area contributed by atoms with E-state index in [0.717, 1.165) is 24.1 Å². The van der Waals surface area contributed by atoms with Crippen LogP contribution < -0.4 is 14.8 Å². The lowest BCUT2D eigenvalue weighted by molar-refractivity contribution is 0.0654. The number of nitrogens with one attached hydrogen (secondary N) is 1. The third-order valence-electron chi connectivity index (χ3n) is 3.61. The molecule has 2 aliphatic heterocycles. The standard InChI is InChI=1S/C14H17BrN2O3/c1-9-8-16-2-3-17(9)14(18)10-6-11(15)13-12(7-10)19-4-5-20-13/h6-7,9,16H,2-5,8H2,1H3. The van der Waals surface area contributed by atoms with Crippen LogP contribution in [0.25, 0.3) is 0 Å². The Kier molecular flexibility index (Phi) is 3.85. The maximum Gasteiger partial charge on any atom is 0.254 e. The number of carbonyl (C=O) groups is 1. The van der Waals surface area contributed by atoms with Crippen molar-refractivity contribution in [2.24, 2.45) is 0 Å². The lowest BCUT2D eigenvalue weighted by Crippen LogP contribution is -2.52. The van der Waals surface area contributed by atoms with Crippen LogP contribution in [0.1, 0.15) is 17.3 Å². The van der Waals surface area contributed by atoms with E-state index >= 15 is 0 Å². The zero-order valence-corrected chi connectivity index (χ0v) is 12.9. The third kappa shape index (κ3) is 2.50. The molecule has 0 aromatic heterocycles. The summed E-state index contributed by atoms with van der Waals surface area (Å²) in [6.07, 6.45) is 0. The minimum atomic E-state index is 0.0386. The summed E-state index contributed by atoms with van der Waals surface area (Å²) in [5.41, 5.74) is 0.634. The summed E-state index contributed by atoms with van der Waals surface area (Å²) < 4.78 is 11.9. The van der Waals surface area contributed by atoms with Crippen molar-refractivity contribution in [1.82, 2.24) is 10.2 Å². The maximum absolute atomic E-state index is 12.6. The van der Waals surface area contributed by atoms with Gasteiger partial charge >= 0.3 is 0 Å². The van der Waals surface area contributed by atoms with Crippen molar-refractivity contribution in [2.45, 2.75) is 13.0 Å². The number of carbonyl (C=O) groups excluding carboxylic acids is 1. The molecular weight excluding hydrogens is 324 g/mol. The van der Waals surface area contributed by atoms with Gasteiger partial charge in [0.25, 0.3) is 5.91 Å². The molecule has 0 radical (unpaired) electrons. The van der Waals surface area contributed by atoms with Crippen LogP contribution in [-0.4, -0.2) is 49.7 Å². The molecule has 3 rings (SSSR count). The predicted molar refractivity (Wildman–Crippen MR) is 78.5 cm³/mol. The Labute approximate surface area is 126 Å². The van der Waals surface area contributed by atoms with E-state index in [1.54, 1.807) is 6.07 Å². The van der Waals surface area contributed by atoms with Gasteiger partial charge in [0.05, 0.1) is 4.47 Å². The van der Waals surface area contributed by atoms with E-state index in [2.05, 4.69) is 28.2 Å². The van der Waals surface area contributed by atoms with E-state index in [-0.39, 0.29) is 11.9 Å². The molecular formula is C14H17BrN2O3. The summed E-state index contributed by atoms with van der Waals surface area (Å²) in [5.74, 6) is 1.36. The van der Waals surface area contributed by atoms with Crippen molar-refractivity contribution in [3.8, 4) is 11.5 Å². The van der Waals surface area contributed by atoms with Gasteiger partial charge in [0.15, 0.2) is 11.5 Å². The van der Waals surface area contributed by atoms with E-state index in [1.807, 2.05) is 11.0 Å². The molecule has 108 valence electrons. The van der Waals surface area contributed by atoms with Crippen LogP contribution >= 0.6 is 15.9 Å². The molecule has 2 aliphatic rings. The fourth-order valence-corrected chi connectivity index (χ4v) is 3.10. The van der Waals surface area contributed by atoms with Crippen LogP contribution in [0.15, 0.2) is 16.6 Å². The van der Waals surface area contributed by atoms with Gasteiger partial charge in [-0.3, -0.25) is 4.79 Å². The van der Waals surface area contributed by atoms with Crippen LogP contribution in [0.4, 0.5) is 0 Å². The second kappa shape index (κ2) is 5.61. The number of benzene rings is 1. The van der Waals surface area contributed by atoms with Gasteiger partial charge in [-0.05, 0) is 35.0 Å². The molecule has 0 saturated carbocycles. The summed E-state index contributed by atoms with van der Waals surface area (Å²) >= 11 is 3.45. The van der Waals surface area contributed by atoms with Gasteiger partial charge < -0.3 is 19.7 Å². The Bertz CT molecular complexity index is 535. The molecule has 1 atom stereocenters. The van der Waals surface area contributed by atoms with Crippen molar-refractivity contribution in [1.29, 1.82) is 0 Å². The van der Waals surface area contributed by atoms with Gasteiger partial charge in [-0.25, -0.2) is 0 Å². The Morgan fingerprint density at radius 1 is 1.40 bits per heavy atom. The average molecular weight is 341 g/mol. The molecule has 1 amide bonds. The van der Waals surface area contributed by atoms with E-state index in [9.17, 15) is 4.79 Å². The number of rotatable bonds is 1. The minimum absolute atomic E-state index is 0.0386. The summed E-state index contributed by atoms with van der Waals surface area (Å²) in [6, 6.07) is 3.78. The molecule has 0 aliphatic carbocycles. The van der Waals surface area contributed by atoms with Crippen LogP contribution in [0, 0.1) is 0 Å². The van der Waals surface area contributed by atoms with Crippen LogP contribution in [0.3, 0.4) is 0 Å². The first-order chi connectivity index (χ1) is 9.66. The van der Waals surface area contributed by atoms with Crippen LogP contribution in [0.5, 0.6) is 11.5 Å². The molecule has 0 spiro atoms. The fraction of sp³-hybridized carbons (Fsp3) is 0.500. The lowest BCUT2D eigenvalue weighted by Gasteiger charge is -2.34. The number of amides is 1. The summed E-state index contributed by atoms with van der Waals surface area (Å²) in [5, 5.41) is 3.28. The number of hydrogen-bond acceptors (Lipinski definition) is 4. The van der Waals surface area contributed by atoms with Gasteiger partial charge in [0, 0.05) is 31.2 Å². The lowest BCUT2D eigenvalue weighted by atomic mass is 10.1. The van der Waals surface area contributed by atoms with Crippen molar-refractivity contribution in [3.05, 3.63) is 22.2 Å². The molecule has 1 unspecified atom stereocenters. The van der Waals surface area contributed by atoms with Crippen LogP contribution in [0.2, 0.25) is 0 Å². The molecule has 5 nitrogen and oxygen atoms in total. The van der Waals surface area contributed by atoms with E-state index in [1.165, 1.54) is 0 Å². The van der Waals surface area contributed by atoms with E-state index in [4.69, 9.17) is 9.47 Å². The fourth-order valence-electron chi connectivity index (χ4n) is 2.54. The SMILES string of the molecule is CC1CNCCN1C(=O)c1cc(Br)c2c(c1)OCCO2. The second-order valence-corrected chi connectivity index (χ2v) is 5.89. The Hall–Kier alpha value is -1.27. The largest absolute Gasteiger partial charge is 0.486 e. The Morgan fingerprint density at radius 2 is 2.20 bits per heavy atom. The first kappa shape index (κ1) is 13.7. The van der Waals surface area contributed by atoms with Crippen molar-refractivity contribution < 1.29 is 14.3 Å². The highest BCUT2D eigenvalue weighted by Crippen LogP contribution is 2.38. The molecule has 20 heavy (non-hydrogen) atoms. The van der Waals surface area contributed by atoms with Gasteiger partial charge in [0.2, 0.25) is 0 Å². The number of ether oxygens (including phenoxy) is 2. The van der Waals surface area contributed by atoms with Gasteiger partial charge in [-0.1, -0.05) is 0 Å². The second-order valence-electron chi connectivity index (χ2n) is 5.03. The van der Waals surface area contributed by atoms with Crippen LogP contribution in [-0.2, 0) is 0 Å². The van der Waals surface area contributed by atoms with Gasteiger partial charge in [-0.15, -0.1) is 0 Å². The smallest absolute Gasteiger partial charge is 0.254 e. The van der Waals surface area contributed by atoms with Gasteiger partial charge in [-0.2, -0.15) is 0 Å². The van der Waals surface area contributed by atoms with Crippen molar-refractivity contribution in [2.75, 3.05) is 32.8 Å². The molecule has 0 bridgehead atoms. The average Bonchev–Trinajstić information content (AvgIpc) is 2.47. The number of piperazine rings is 1. The van der Waals surface area contributed by atoms with E-state index in [0.29, 0.717) is 30.3 Å². The molecule has 6 heteroatoms. The van der Waals surface area contributed by atoms with Gasteiger partial charge in [0.1, 0.15) is 13.2 Å². The summed E-state index contributed by atoms with van der Waals surface area (Å²) in [7, 11) is 0. The number of nitrogens with zero attached hydrogens (tertiary/aromatic N) is 1. The third-order valence-corrected chi connectivity index (χ3v) is 4.19. The highest BCUT2D eigenvalue weighted by Gasteiger charge is 2.26. The van der Waals surface area contributed by atoms with Crippen molar-refractivity contribution >= 4 is 21.8 Å². The highest BCUT2D eigenvalue weighted by molar-refractivity contribution is 9.10. The first-order valence-electron chi connectivity index (χ1n) is 6.77. The van der Waals surface area contributed by atoms with Crippen molar-refractivity contribution in [3.63, 3.8) is 0 Å². The highest BCUT2D eigenvalue weighted by atomic mass is 79.9. The molecule has 1 N–H and O–H groups in total. The summed E-state index contributed by atoms with van der Waals surface area (Å²) in [4.78, 5) is 14.5. The quantitative estimate of drug-likeness (QED) is 0.844. The topological polar surface area (TPSA) is 50.8 Å². The predicted octanol–water partition coefficient (Wildman–Crippen LogP) is 1.65. The molecule has 1 saturated heterocycles. The number of fused-ring (bicyclic) bond motifs is 1. The zero-order valence-electron chi connectivity index (χ0n) is 11.3. The molecule has 1 fully saturated rings. The van der Waals surface area contributed by atoms with E-state index < -0.39 is 0 Å².